The summed E-state index contributed by atoms with van der Waals surface area (Å²) in [4.78, 5) is 0. The first-order chi connectivity index (χ1) is 10.2. The number of hydrogen-bond donors (Lipinski definition) is 0. The van der Waals surface area contributed by atoms with Crippen molar-refractivity contribution >= 4 is 11.4 Å². The highest BCUT2D eigenvalue weighted by atomic mass is 15.4. The molecule has 2 rings (SSSR count). The lowest BCUT2D eigenvalue weighted by atomic mass is 10.3. The first-order valence-corrected chi connectivity index (χ1v) is 7.65. The van der Waals surface area contributed by atoms with Crippen molar-refractivity contribution < 1.29 is 0 Å². The molecule has 2 heterocycles. The first kappa shape index (κ1) is 16.3. The van der Waals surface area contributed by atoms with Gasteiger partial charge in [-0.2, -0.15) is 10.2 Å². The molecule has 0 spiro atoms. The van der Waals surface area contributed by atoms with Crippen molar-refractivity contribution in [2.24, 2.45) is 10.2 Å². The van der Waals surface area contributed by atoms with Crippen LogP contribution in [0.4, 0.5) is 0 Å². The van der Waals surface area contributed by atoms with E-state index in [1.807, 2.05) is 23.2 Å². The van der Waals surface area contributed by atoms with Gasteiger partial charge in [-0.15, -0.1) is 0 Å². The van der Waals surface area contributed by atoms with Crippen molar-refractivity contribution in [3.8, 4) is 0 Å². The van der Waals surface area contributed by atoms with E-state index in [0.29, 0.717) is 0 Å². The molecule has 0 radical (unpaired) electrons. The van der Waals surface area contributed by atoms with Gasteiger partial charge in [-0.05, 0) is 78.6 Å². The Hall–Kier alpha value is -2.10. The molecule has 0 amide bonds. The Morgan fingerprint density at radius 1 is 0.682 bits per heavy atom. The minimum Gasteiger partial charge on any atom is -0.242 e. The Morgan fingerprint density at radius 2 is 1.00 bits per heavy atom. The molecule has 0 bridgehead atoms. The second-order valence-corrected chi connectivity index (χ2v) is 6.10. The molecular formula is C18H26N4. The van der Waals surface area contributed by atoms with Crippen LogP contribution in [0.25, 0.3) is 0 Å². The summed E-state index contributed by atoms with van der Waals surface area (Å²) in [5.74, 6) is 0. The van der Waals surface area contributed by atoms with Crippen molar-refractivity contribution in [1.29, 1.82) is 0 Å². The minimum absolute atomic E-state index is 0.923. The summed E-state index contributed by atoms with van der Waals surface area (Å²) in [6.07, 6.45) is 0. The molecule has 22 heavy (non-hydrogen) atoms. The summed E-state index contributed by atoms with van der Waals surface area (Å²) in [6, 6.07) is 4.31. The van der Waals surface area contributed by atoms with Gasteiger partial charge in [0, 0.05) is 22.8 Å². The molecule has 0 unspecified atom stereocenters. The van der Waals surface area contributed by atoms with Gasteiger partial charge in [0.2, 0.25) is 0 Å². The van der Waals surface area contributed by atoms with Crippen LogP contribution in [0, 0.1) is 41.5 Å². The maximum atomic E-state index is 4.73. The van der Waals surface area contributed by atoms with Gasteiger partial charge in [0.05, 0.1) is 11.4 Å². The maximum Gasteiger partial charge on any atom is 0.0812 e. The average Bonchev–Trinajstić information content (AvgIpc) is 2.82. The molecule has 2 aromatic heterocycles. The Morgan fingerprint density at radius 3 is 1.23 bits per heavy atom. The fourth-order valence-electron chi connectivity index (χ4n) is 2.57. The highest BCUT2D eigenvalue weighted by Gasteiger charge is 2.08. The fraction of sp³-hybridized carbons (Fsp3) is 0.444. The van der Waals surface area contributed by atoms with Gasteiger partial charge in [0.25, 0.3) is 0 Å². The van der Waals surface area contributed by atoms with Crippen molar-refractivity contribution in [1.82, 2.24) is 9.35 Å². The summed E-state index contributed by atoms with van der Waals surface area (Å²) in [7, 11) is 0. The van der Waals surface area contributed by atoms with E-state index < -0.39 is 0 Å². The second kappa shape index (κ2) is 5.95. The summed E-state index contributed by atoms with van der Waals surface area (Å²) in [5, 5.41) is 9.46. The zero-order chi connectivity index (χ0) is 16.6. The molecule has 0 atom stereocenters. The van der Waals surface area contributed by atoms with Gasteiger partial charge in [0.15, 0.2) is 0 Å². The second-order valence-electron chi connectivity index (χ2n) is 6.10. The van der Waals surface area contributed by atoms with Crippen LogP contribution in [0.3, 0.4) is 0 Å². The molecule has 0 saturated heterocycles. The monoisotopic (exact) mass is 298 g/mol. The van der Waals surface area contributed by atoms with Crippen molar-refractivity contribution in [3.05, 3.63) is 46.0 Å². The minimum atomic E-state index is 0.923. The summed E-state index contributed by atoms with van der Waals surface area (Å²) >= 11 is 0. The van der Waals surface area contributed by atoms with Crippen molar-refractivity contribution in [2.45, 2.75) is 55.4 Å². The summed E-state index contributed by atoms with van der Waals surface area (Å²) in [5.41, 5.74) is 9.01. The van der Waals surface area contributed by atoms with Gasteiger partial charge >= 0.3 is 0 Å². The Labute approximate surface area is 133 Å². The number of aryl methyl sites for hydroxylation is 4. The van der Waals surface area contributed by atoms with Gasteiger partial charge < -0.3 is 0 Å². The molecule has 118 valence electrons. The highest BCUT2D eigenvalue weighted by molar-refractivity contribution is 6.40. The Bertz CT molecular complexity index is 703. The predicted octanol–water partition coefficient (Wildman–Crippen LogP) is 4.29. The quantitative estimate of drug-likeness (QED) is 0.758. The standard InChI is InChI=1S/C18H26N4/c1-11-9-13(3)21(17(11)7)19-15(5)16(6)20-22-14(4)10-12(2)18(22)8/h9-10H,1-8H3/b19-15-,20-16-. The average molecular weight is 298 g/mol. The zero-order valence-electron chi connectivity index (χ0n) is 14.9. The van der Waals surface area contributed by atoms with E-state index in [4.69, 9.17) is 10.2 Å². The lowest BCUT2D eigenvalue weighted by Gasteiger charge is -2.08. The fourth-order valence-corrected chi connectivity index (χ4v) is 2.57. The molecule has 0 N–H and O–H groups in total. The molecule has 0 aliphatic rings. The van der Waals surface area contributed by atoms with Gasteiger partial charge in [-0.3, -0.25) is 0 Å². The molecular weight excluding hydrogens is 272 g/mol. The molecule has 4 heteroatoms. The van der Waals surface area contributed by atoms with E-state index in [0.717, 1.165) is 22.8 Å². The third-order valence-corrected chi connectivity index (χ3v) is 4.32. The maximum absolute atomic E-state index is 4.73. The lowest BCUT2D eigenvalue weighted by molar-refractivity contribution is 0.802. The normalized spacial score (nSPS) is 13.1. The summed E-state index contributed by atoms with van der Waals surface area (Å²) < 4.78 is 3.98. The SMILES string of the molecule is CC(=N/n1c(C)cc(C)c1C)/C(C)=N\n1c(C)cc(C)c1C. The van der Waals surface area contributed by atoms with E-state index in [2.05, 4.69) is 53.7 Å². The van der Waals surface area contributed by atoms with Crippen LogP contribution in [-0.4, -0.2) is 20.8 Å². The van der Waals surface area contributed by atoms with E-state index in [-0.39, 0.29) is 0 Å². The van der Waals surface area contributed by atoms with E-state index >= 15 is 0 Å². The first-order valence-electron chi connectivity index (χ1n) is 7.65. The molecule has 0 saturated carbocycles. The van der Waals surface area contributed by atoms with Crippen LogP contribution in [0.5, 0.6) is 0 Å². The summed E-state index contributed by atoms with van der Waals surface area (Å²) in [6.45, 7) is 16.6. The number of rotatable bonds is 3. The molecule has 0 fully saturated rings. The van der Waals surface area contributed by atoms with Gasteiger partial charge in [-0.1, -0.05) is 0 Å². The van der Waals surface area contributed by atoms with Crippen LogP contribution in [0.1, 0.15) is 47.8 Å². The molecule has 0 aliphatic heterocycles. The van der Waals surface area contributed by atoms with E-state index in [1.165, 1.54) is 22.5 Å². The van der Waals surface area contributed by atoms with E-state index in [9.17, 15) is 0 Å². The number of nitrogens with zero attached hydrogens (tertiary/aromatic N) is 4. The topological polar surface area (TPSA) is 34.6 Å². The van der Waals surface area contributed by atoms with Crippen molar-refractivity contribution in [3.63, 3.8) is 0 Å². The van der Waals surface area contributed by atoms with Crippen LogP contribution in [-0.2, 0) is 0 Å². The largest absolute Gasteiger partial charge is 0.242 e. The van der Waals surface area contributed by atoms with Crippen LogP contribution < -0.4 is 0 Å². The molecule has 0 aromatic carbocycles. The highest BCUT2D eigenvalue weighted by Crippen LogP contribution is 2.15. The van der Waals surface area contributed by atoms with Gasteiger partial charge in [-0.25, -0.2) is 9.35 Å². The Balaban J connectivity index is 2.42. The van der Waals surface area contributed by atoms with Crippen LogP contribution >= 0.6 is 0 Å². The van der Waals surface area contributed by atoms with Crippen molar-refractivity contribution in [2.75, 3.05) is 0 Å². The predicted molar refractivity (Wildman–Crippen MR) is 94.3 cm³/mol. The Kier molecular flexibility index (Phi) is 4.40. The number of aromatic nitrogens is 2. The smallest absolute Gasteiger partial charge is 0.0812 e. The van der Waals surface area contributed by atoms with Crippen LogP contribution in [0.15, 0.2) is 22.3 Å². The molecule has 2 aromatic rings. The zero-order valence-corrected chi connectivity index (χ0v) is 14.9. The third-order valence-electron chi connectivity index (χ3n) is 4.32. The third kappa shape index (κ3) is 2.91. The van der Waals surface area contributed by atoms with E-state index in [1.54, 1.807) is 0 Å². The molecule has 0 aliphatic carbocycles. The van der Waals surface area contributed by atoms with Gasteiger partial charge in [0.1, 0.15) is 0 Å². The van der Waals surface area contributed by atoms with Crippen LogP contribution in [0.2, 0.25) is 0 Å². The lowest BCUT2D eigenvalue weighted by Crippen LogP contribution is -2.12. The molecule has 4 nitrogen and oxygen atoms in total. The number of hydrogen-bond acceptors (Lipinski definition) is 2.